The van der Waals surface area contributed by atoms with Crippen molar-refractivity contribution in [2.45, 2.75) is 13.3 Å². The smallest absolute Gasteiger partial charge is 0.211 e. The third-order valence-electron chi connectivity index (χ3n) is 3.42. The van der Waals surface area contributed by atoms with Gasteiger partial charge in [0.05, 0.1) is 14.2 Å². The van der Waals surface area contributed by atoms with E-state index in [1.54, 1.807) is 22.6 Å². The van der Waals surface area contributed by atoms with Gasteiger partial charge in [-0.2, -0.15) is 0 Å². The van der Waals surface area contributed by atoms with Gasteiger partial charge in [-0.05, 0) is 42.8 Å². The molecule has 4 heteroatoms. The molecule has 0 fully saturated rings. The van der Waals surface area contributed by atoms with Gasteiger partial charge in [-0.25, -0.2) is 4.98 Å². The van der Waals surface area contributed by atoms with Crippen LogP contribution in [0.3, 0.4) is 0 Å². The molecule has 0 aliphatic rings. The number of pyridine rings is 1. The molecule has 106 valence electrons. The Morgan fingerprint density at radius 1 is 1.33 bits per heavy atom. The number of methoxy groups -OCH3 is 1. The zero-order chi connectivity index (χ0) is 15.7. The Morgan fingerprint density at radius 2 is 2.19 bits per heavy atom. The van der Waals surface area contributed by atoms with E-state index in [4.69, 9.17) is 6.11 Å². The van der Waals surface area contributed by atoms with Crippen molar-refractivity contribution in [3.63, 3.8) is 0 Å². The normalized spacial score (nSPS) is 11.4. The number of carbonyl (C=O) groups is 1. The van der Waals surface area contributed by atoms with Crippen LogP contribution in [0.5, 0.6) is 5.75 Å². The number of nitrogens with zero attached hydrogens (tertiary/aromatic N) is 2. The zero-order valence-corrected chi connectivity index (χ0v) is 12.0. The Hall–Kier alpha value is -2.62. The Kier molecular flexibility index (Phi) is 3.12. The fraction of sp³-hybridized carbons (Fsp3) is 0.176. The van der Waals surface area contributed by atoms with E-state index in [0.717, 1.165) is 11.3 Å². The molecule has 3 rings (SSSR count). The number of aryl methyl sites for hydroxylation is 1. The largest absolute Gasteiger partial charge is 0.497 e. The van der Waals surface area contributed by atoms with Crippen LogP contribution in [0.15, 0.2) is 48.6 Å². The number of hydrogen-bond donors (Lipinski definition) is 0. The Morgan fingerprint density at radius 3 is 2.90 bits per heavy atom. The monoisotopic (exact) mass is 281 g/mol. The number of aromatic nitrogens is 2. The minimum absolute atomic E-state index is 0.150. The predicted octanol–water partition coefficient (Wildman–Crippen LogP) is 3.14. The van der Waals surface area contributed by atoms with Crippen molar-refractivity contribution in [3.8, 4) is 5.75 Å². The van der Waals surface area contributed by atoms with Gasteiger partial charge >= 0.3 is 0 Å². The van der Waals surface area contributed by atoms with Gasteiger partial charge in [0.1, 0.15) is 17.1 Å². The first-order chi connectivity index (χ1) is 10.7. The van der Waals surface area contributed by atoms with Crippen LogP contribution in [0.4, 0.5) is 0 Å². The molecular formula is C17H16N2O2. The highest BCUT2D eigenvalue weighted by Gasteiger charge is 2.19. The average molecular weight is 281 g/mol. The third-order valence-corrected chi connectivity index (χ3v) is 3.42. The highest BCUT2D eigenvalue weighted by atomic mass is 16.5. The summed E-state index contributed by atoms with van der Waals surface area (Å²) in [5, 5.41) is 0. The molecule has 0 unspecified atom stereocenters. The van der Waals surface area contributed by atoms with E-state index in [9.17, 15) is 4.79 Å². The van der Waals surface area contributed by atoms with E-state index < -0.39 is 0 Å². The number of ether oxygens (including phenoxy) is 1. The van der Waals surface area contributed by atoms with E-state index in [1.807, 2.05) is 31.3 Å². The van der Waals surface area contributed by atoms with Crippen LogP contribution in [-0.4, -0.2) is 22.3 Å². The minimum Gasteiger partial charge on any atom is -0.497 e. The molecule has 1 aromatic carbocycles. The molecule has 0 amide bonds. The summed E-state index contributed by atoms with van der Waals surface area (Å²) in [7, 11) is 1.54. The van der Waals surface area contributed by atoms with E-state index in [-0.39, 0.29) is 11.8 Å². The summed E-state index contributed by atoms with van der Waals surface area (Å²) in [4.78, 5) is 17.4. The SMILES string of the molecule is [2H]c1cc(OC)ccc1C(=O)c1c(CC)nc2ccccn12. The van der Waals surface area contributed by atoms with Gasteiger partial charge in [-0.15, -0.1) is 0 Å². The summed E-state index contributed by atoms with van der Waals surface area (Å²) in [6.07, 6.45) is 2.48. The fourth-order valence-corrected chi connectivity index (χ4v) is 2.34. The van der Waals surface area contributed by atoms with Crippen LogP contribution in [-0.2, 0) is 6.42 Å². The van der Waals surface area contributed by atoms with Crippen LogP contribution in [0.2, 0.25) is 0 Å². The second kappa shape index (κ2) is 5.40. The molecule has 0 saturated carbocycles. The minimum atomic E-state index is -0.191. The van der Waals surface area contributed by atoms with Crippen molar-refractivity contribution in [1.82, 2.24) is 9.38 Å². The summed E-state index contributed by atoms with van der Waals surface area (Å²) >= 11 is 0. The Balaban J connectivity index is 2.16. The molecule has 0 aliphatic carbocycles. The number of ketones is 1. The zero-order valence-electron chi connectivity index (χ0n) is 13.0. The highest BCUT2D eigenvalue weighted by molar-refractivity contribution is 6.09. The lowest BCUT2D eigenvalue weighted by Crippen LogP contribution is -2.08. The molecule has 0 spiro atoms. The topological polar surface area (TPSA) is 43.6 Å². The van der Waals surface area contributed by atoms with Gasteiger partial charge in [0.25, 0.3) is 0 Å². The number of rotatable bonds is 4. The molecule has 0 saturated heterocycles. The molecule has 3 aromatic rings. The predicted molar refractivity (Wildman–Crippen MR) is 81.0 cm³/mol. The standard InChI is InChI=1S/C17H16N2O2/c1-3-14-16(19-11-5-4-6-15(19)18-14)17(20)12-7-9-13(21-2)10-8-12/h4-11H,3H2,1-2H3/i7D. The van der Waals surface area contributed by atoms with Crippen molar-refractivity contribution in [3.05, 3.63) is 65.6 Å². The van der Waals surface area contributed by atoms with Gasteiger partial charge in [-0.1, -0.05) is 13.0 Å². The molecular weight excluding hydrogens is 264 g/mol. The molecule has 4 nitrogen and oxygen atoms in total. The molecule has 0 radical (unpaired) electrons. The molecule has 21 heavy (non-hydrogen) atoms. The maximum atomic E-state index is 12.9. The molecule has 0 bridgehead atoms. The van der Waals surface area contributed by atoms with Crippen molar-refractivity contribution in [2.24, 2.45) is 0 Å². The maximum Gasteiger partial charge on any atom is 0.211 e. The van der Waals surface area contributed by atoms with E-state index in [0.29, 0.717) is 23.4 Å². The van der Waals surface area contributed by atoms with Crippen molar-refractivity contribution in [2.75, 3.05) is 7.11 Å². The van der Waals surface area contributed by atoms with E-state index in [1.165, 1.54) is 7.11 Å². The van der Waals surface area contributed by atoms with Crippen LogP contribution in [0.1, 0.15) is 30.0 Å². The lowest BCUT2D eigenvalue weighted by molar-refractivity contribution is 0.103. The summed E-state index contributed by atoms with van der Waals surface area (Å²) < 4.78 is 14.9. The van der Waals surface area contributed by atoms with Crippen LogP contribution in [0.25, 0.3) is 5.65 Å². The molecule has 0 N–H and O–H groups in total. The summed E-state index contributed by atoms with van der Waals surface area (Å²) in [6, 6.07) is 10.6. The summed E-state index contributed by atoms with van der Waals surface area (Å²) in [5.74, 6) is 0.374. The summed E-state index contributed by atoms with van der Waals surface area (Å²) in [6.45, 7) is 1.97. The third kappa shape index (κ3) is 2.29. The van der Waals surface area contributed by atoms with Crippen molar-refractivity contribution >= 4 is 11.4 Å². The van der Waals surface area contributed by atoms with Gasteiger partial charge in [-0.3, -0.25) is 9.20 Å². The van der Waals surface area contributed by atoms with Crippen molar-refractivity contribution < 1.29 is 10.9 Å². The van der Waals surface area contributed by atoms with Crippen molar-refractivity contribution in [1.29, 1.82) is 0 Å². The number of fused-ring (bicyclic) bond motifs is 1. The molecule has 0 aliphatic heterocycles. The number of carbonyl (C=O) groups excluding carboxylic acids is 1. The summed E-state index contributed by atoms with van der Waals surface area (Å²) in [5.41, 5.74) is 2.35. The lowest BCUT2D eigenvalue weighted by atomic mass is 10.1. The molecule has 0 atom stereocenters. The van der Waals surface area contributed by atoms with Crippen LogP contribution in [0, 0.1) is 0 Å². The first-order valence-electron chi connectivity index (χ1n) is 7.31. The number of imidazole rings is 1. The quantitative estimate of drug-likeness (QED) is 0.690. The van der Waals surface area contributed by atoms with E-state index >= 15 is 0 Å². The Labute approximate surface area is 124 Å². The Bertz CT molecular complexity index is 855. The highest BCUT2D eigenvalue weighted by Crippen LogP contribution is 2.19. The molecule has 2 heterocycles. The number of benzene rings is 1. The van der Waals surface area contributed by atoms with Gasteiger partial charge in [0.2, 0.25) is 5.78 Å². The molecule has 2 aromatic heterocycles. The second-order valence-electron chi connectivity index (χ2n) is 4.66. The lowest BCUT2D eigenvalue weighted by Gasteiger charge is -2.05. The van der Waals surface area contributed by atoms with E-state index in [2.05, 4.69) is 4.98 Å². The van der Waals surface area contributed by atoms with Gasteiger partial charge in [0.15, 0.2) is 0 Å². The first kappa shape index (κ1) is 12.1. The fourth-order valence-electron chi connectivity index (χ4n) is 2.34. The van der Waals surface area contributed by atoms with Crippen LogP contribution < -0.4 is 4.74 Å². The second-order valence-corrected chi connectivity index (χ2v) is 4.66. The van der Waals surface area contributed by atoms with Gasteiger partial charge < -0.3 is 4.74 Å². The maximum absolute atomic E-state index is 12.9. The van der Waals surface area contributed by atoms with Gasteiger partial charge in [0, 0.05) is 11.8 Å². The first-order valence-corrected chi connectivity index (χ1v) is 6.81. The van der Waals surface area contributed by atoms with Crippen LogP contribution >= 0.6 is 0 Å². The number of hydrogen-bond acceptors (Lipinski definition) is 3. The average Bonchev–Trinajstić information content (AvgIpc) is 2.92.